The van der Waals surface area contributed by atoms with Crippen molar-refractivity contribution < 1.29 is 0 Å². The van der Waals surface area contributed by atoms with E-state index in [9.17, 15) is 0 Å². The van der Waals surface area contributed by atoms with Gasteiger partial charge in [0.05, 0.1) is 0 Å². The van der Waals surface area contributed by atoms with Crippen molar-refractivity contribution in [3.8, 4) is 0 Å². The third kappa shape index (κ3) is 5.61. The van der Waals surface area contributed by atoms with Crippen molar-refractivity contribution in [1.82, 2.24) is 0 Å². The largest absolute Gasteiger partial charge is 0.0877 e. The molecule has 0 rings (SSSR count). The molecule has 0 N–H and O–H groups in total. The molecule has 0 radical (unpaired) electrons. The van der Waals surface area contributed by atoms with Gasteiger partial charge in [0, 0.05) is 0 Å². The summed E-state index contributed by atoms with van der Waals surface area (Å²) in [6, 6.07) is 0. The second kappa shape index (κ2) is 6.60. The molecule has 0 saturated heterocycles. The molecule has 0 fully saturated rings. The Hall–Kier alpha value is -0.520. The monoisotopic (exact) mass is 138 g/mol. The summed E-state index contributed by atoms with van der Waals surface area (Å²) >= 11 is 0. The van der Waals surface area contributed by atoms with Crippen molar-refractivity contribution in [1.29, 1.82) is 0 Å². The average Bonchev–Trinajstić information content (AvgIpc) is 1.89. The minimum Gasteiger partial charge on any atom is -0.0877 e. The van der Waals surface area contributed by atoms with Crippen LogP contribution >= 0.6 is 0 Å². The van der Waals surface area contributed by atoms with E-state index in [2.05, 4.69) is 38.2 Å². The third-order valence-electron chi connectivity index (χ3n) is 1.49. The highest BCUT2D eigenvalue weighted by atomic mass is 14.0. The summed E-state index contributed by atoms with van der Waals surface area (Å²) in [5, 5.41) is 0. The van der Waals surface area contributed by atoms with Crippen molar-refractivity contribution in [2.75, 3.05) is 0 Å². The van der Waals surface area contributed by atoms with Crippen molar-refractivity contribution in [3.05, 3.63) is 24.3 Å². The minimum absolute atomic E-state index is 0.737. The zero-order valence-electron chi connectivity index (χ0n) is 7.30. The van der Waals surface area contributed by atoms with Gasteiger partial charge < -0.3 is 0 Å². The van der Waals surface area contributed by atoms with Crippen LogP contribution in [0.25, 0.3) is 0 Å². The van der Waals surface area contributed by atoms with E-state index in [1.807, 2.05) is 6.92 Å². The van der Waals surface area contributed by atoms with Gasteiger partial charge in [-0.3, -0.25) is 0 Å². The van der Waals surface area contributed by atoms with Crippen LogP contribution in [0.2, 0.25) is 0 Å². The summed E-state index contributed by atoms with van der Waals surface area (Å²) in [6.45, 7) is 6.51. The maximum Gasteiger partial charge on any atom is -0.0259 e. The first-order valence-corrected chi connectivity index (χ1v) is 4.10. The van der Waals surface area contributed by atoms with E-state index in [0.29, 0.717) is 0 Å². The van der Waals surface area contributed by atoms with E-state index in [1.165, 1.54) is 12.8 Å². The van der Waals surface area contributed by atoms with Crippen molar-refractivity contribution in [2.45, 2.75) is 33.6 Å². The van der Waals surface area contributed by atoms with Crippen LogP contribution in [-0.4, -0.2) is 0 Å². The predicted molar refractivity (Wildman–Crippen MR) is 48.0 cm³/mol. The lowest BCUT2D eigenvalue weighted by Gasteiger charge is -2.00. The first-order chi connectivity index (χ1) is 4.81. The Bertz CT molecular complexity index is 109. The van der Waals surface area contributed by atoms with Crippen LogP contribution in [0, 0.1) is 5.92 Å². The van der Waals surface area contributed by atoms with Crippen LogP contribution in [-0.2, 0) is 0 Å². The topological polar surface area (TPSA) is 0 Å². The first kappa shape index (κ1) is 9.48. The molecule has 0 aromatic rings. The molecule has 58 valence electrons. The second-order valence-corrected chi connectivity index (χ2v) is 2.68. The maximum atomic E-state index is 2.25. The molecule has 0 heteroatoms. The molecule has 1 unspecified atom stereocenters. The molecule has 1 atom stereocenters. The lowest BCUT2D eigenvalue weighted by molar-refractivity contribution is 0.634. The van der Waals surface area contributed by atoms with Crippen molar-refractivity contribution in [2.24, 2.45) is 5.92 Å². The maximum absolute atomic E-state index is 2.25. The SMILES string of the molecule is C/C=C/C=C\C(C)CCC. The summed E-state index contributed by atoms with van der Waals surface area (Å²) in [5.41, 5.74) is 0. The Morgan fingerprint density at radius 3 is 2.50 bits per heavy atom. The molecule has 0 aromatic heterocycles. The van der Waals surface area contributed by atoms with Crippen LogP contribution in [0.4, 0.5) is 0 Å². The lowest BCUT2D eigenvalue weighted by atomic mass is 10.1. The fourth-order valence-electron chi connectivity index (χ4n) is 0.917. The molecular weight excluding hydrogens is 120 g/mol. The molecule has 0 spiro atoms. The molecule has 10 heavy (non-hydrogen) atoms. The molecule has 0 bridgehead atoms. The third-order valence-corrected chi connectivity index (χ3v) is 1.49. The highest BCUT2D eigenvalue weighted by Gasteiger charge is 1.90. The molecule has 0 heterocycles. The lowest BCUT2D eigenvalue weighted by Crippen LogP contribution is -1.85. The molecule has 0 saturated carbocycles. The van der Waals surface area contributed by atoms with Crippen LogP contribution in [0.5, 0.6) is 0 Å². The Balaban J connectivity index is 3.44. The zero-order valence-corrected chi connectivity index (χ0v) is 7.30. The number of hydrogen-bond acceptors (Lipinski definition) is 0. The summed E-state index contributed by atoms with van der Waals surface area (Å²) < 4.78 is 0. The first-order valence-electron chi connectivity index (χ1n) is 4.10. The molecule has 0 aliphatic heterocycles. The van der Waals surface area contributed by atoms with Crippen LogP contribution in [0.15, 0.2) is 24.3 Å². The standard InChI is InChI=1S/C10H18/c1-4-6-7-9-10(3)8-5-2/h4,6-7,9-10H,5,8H2,1-3H3/b6-4+,9-7-. The Morgan fingerprint density at radius 1 is 1.30 bits per heavy atom. The number of hydrogen-bond donors (Lipinski definition) is 0. The smallest absolute Gasteiger partial charge is 0.0259 e. The van der Waals surface area contributed by atoms with Crippen LogP contribution in [0.3, 0.4) is 0 Å². The highest BCUT2D eigenvalue weighted by Crippen LogP contribution is 2.05. The van der Waals surface area contributed by atoms with Gasteiger partial charge in [-0.05, 0) is 19.3 Å². The van der Waals surface area contributed by atoms with E-state index < -0.39 is 0 Å². The van der Waals surface area contributed by atoms with Gasteiger partial charge in [-0.1, -0.05) is 44.6 Å². The second-order valence-electron chi connectivity index (χ2n) is 2.68. The van der Waals surface area contributed by atoms with E-state index in [-0.39, 0.29) is 0 Å². The van der Waals surface area contributed by atoms with Gasteiger partial charge in [0.25, 0.3) is 0 Å². The Morgan fingerprint density at radius 2 is 2.00 bits per heavy atom. The van der Waals surface area contributed by atoms with Crippen LogP contribution < -0.4 is 0 Å². The molecule has 0 amide bonds. The molecular formula is C10H18. The van der Waals surface area contributed by atoms with Crippen molar-refractivity contribution >= 4 is 0 Å². The van der Waals surface area contributed by atoms with Gasteiger partial charge in [-0.2, -0.15) is 0 Å². The predicted octanol–water partition coefficient (Wildman–Crippen LogP) is 3.55. The Labute approximate surface area is 64.6 Å². The fourth-order valence-corrected chi connectivity index (χ4v) is 0.917. The number of allylic oxidation sites excluding steroid dienone is 4. The van der Waals surface area contributed by atoms with E-state index >= 15 is 0 Å². The number of rotatable bonds is 4. The quantitative estimate of drug-likeness (QED) is 0.521. The van der Waals surface area contributed by atoms with Crippen molar-refractivity contribution in [3.63, 3.8) is 0 Å². The zero-order chi connectivity index (χ0) is 7.82. The van der Waals surface area contributed by atoms with E-state index in [4.69, 9.17) is 0 Å². The van der Waals surface area contributed by atoms with E-state index in [0.717, 1.165) is 5.92 Å². The van der Waals surface area contributed by atoms with E-state index in [1.54, 1.807) is 0 Å². The fraction of sp³-hybridized carbons (Fsp3) is 0.600. The molecule has 0 nitrogen and oxygen atoms in total. The van der Waals surface area contributed by atoms with Gasteiger partial charge in [0.2, 0.25) is 0 Å². The minimum atomic E-state index is 0.737. The van der Waals surface area contributed by atoms with Gasteiger partial charge in [-0.25, -0.2) is 0 Å². The molecule has 0 aliphatic carbocycles. The van der Waals surface area contributed by atoms with Gasteiger partial charge in [0.1, 0.15) is 0 Å². The van der Waals surface area contributed by atoms with Crippen LogP contribution in [0.1, 0.15) is 33.6 Å². The summed E-state index contributed by atoms with van der Waals surface area (Å²) in [7, 11) is 0. The highest BCUT2D eigenvalue weighted by molar-refractivity contribution is 5.02. The summed E-state index contributed by atoms with van der Waals surface area (Å²) in [5.74, 6) is 0.737. The van der Waals surface area contributed by atoms with Gasteiger partial charge >= 0.3 is 0 Å². The van der Waals surface area contributed by atoms with Gasteiger partial charge in [0.15, 0.2) is 0 Å². The molecule has 0 aliphatic rings. The summed E-state index contributed by atoms with van der Waals surface area (Å²) in [4.78, 5) is 0. The van der Waals surface area contributed by atoms with Gasteiger partial charge in [-0.15, -0.1) is 0 Å². The summed E-state index contributed by atoms with van der Waals surface area (Å²) in [6.07, 6.45) is 11.1. The molecule has 0 aromatic carbocycles. The normalized spacial score (nSPS) is 15.1. The average molecular weight is 138 g/mol. The Kier molecular flexibility index (Phi) is 6.25.